The van der Waals surface area contributed by atoms with E-state index >= 15 is 0 Å². The summed E-state index contributed by atoms with van der Waals surface area (Å²) in [7, 11) is 1.62. The predicted octanol–water partition coefficient (Wildman–Crippen LogP) is 4.22. The Balaban J connectivity index is 2.03. The van der Waals surface area contributed by atoms with Crippen LogP contribution in [0.3, 0.4) is 0 Å². The fourth-order valence-electron chi connectivity index (χ4n) is 2.60. The second kappa shape index (κ2) is 7.70. The van der Waals surface area contributed by atoms with Crippen LogP contribution >= 0.6 is 0 Å². The molecule has 6 nitrogen and oxygen atoms in total. The summed E-state index contributed by atoms with van der Waals surface area (Å²) in [4.78, 5) is 12.9. The van der Waals surface area contributed by atoms with Gasteiger partial charge in [-0.3, -0.25) is 4.79 Å². The van der Waals surface area contributed by atoms with E-state index in [4.69, 9.17) is 9.15 Å². The molecule has 1 N–H and O–H groups in total. The molecular formula is C21H25N3O3. The quantitative estimate of drug-likeness (QED) is 0.708. The van der Waals surface area contributed by atoms with E-state index in [-0.39, 0.29) is 11.9 Å². The van der Waals surface area contributed by atoms with Crippen LogP contribution in [0.4, 0.5) is 0 Å². The lowest BCUT2D eigenvalue weighted by molar-refractivity contribution is 0.0922. The largest absolute Gasteiger partial charge is 0.497 e. The lowest BCUT2D eigenvalue weighted by Gasteiger charge is -2.17. The van der Waals surface area contributed by atoms with Crippen molar-refractivity contribution < 1.29 is 13.9 Å². The fraction of sp³-hybridized carbons (Fsp3) is 0.333. The van der Waals surface area contributed by atoms with Gasteiger partial charge in [-0.25, -0.2) is 4.68 Å². The molecule has 3 aromatic rings. The minimum atomic E-state index is -0.172. The average Bonchev–Trinajstić information content (AvgIpc) is 3.28. The average molecular weight is 367 g/mol. The molecule has 0 bridgehead atoms. The summed E-state index contributed by atoms with van der Waals surface area (Å²) in [5, 5.41) is 7.66. The topological polar surface area (TPSA) is 69.3 Å². The second-order valence-corrected chi connectivity index (χ2v) is 6.94. The van der Waals surface area contributed by atoms with Gasteiger partial charge in [0.15, 0.2) is 5.76 Å². The molecule has 1 unspecified atom stereocenters. The first-order valence-electron chi connectivity index (χ1n) is 9.01. The molecule has 2 heterocycles. The van der Waals surface area contributed by atoms with Gasteiger partial charge in [-0.2, -0.15) is 5.10 Å². The van der Waals surface area contributed by atoms with Gasteiger partial charge >= 0.3 is 0 Å². The lowest BCUT2D eigenvalue weighted by atomic mass is 10.1. The number of methoxy groups -OCH3 is 1. The molecule has 6 heteroatoms. The van der Waals surface area contributed by atoms with Gasteiger partial charge in [0.25, 0.3) is 5.91 Å². The van der Waals surface area contributed by atoms with E-state index in [1.54, 1.807) is 17.9 Å². The zero-order valence-corrected chi connectivity index (χ0v) is 16.3. The van der Waals surface area contributed by atoms with Gasteiger partial charge in [0.1, 0.15) is 22.9 Å². The SMILES string of the molecule is COc1ccc(-n2nc(-c3ccc(C)o3)cc2C(=O)NC(C)C(C)C)cc1. The van der Waals surface area contributed by atoms with E-state index in [0.29, 0.717) is 23.1 Å². The number of furan rings is 1. The van der Waals surface area contributed by atoms with E-state index in [0.717, 1.165) is 17.2 Å². The molecule has 1 amide bonds. The smallest absolute Gasteiger partial charge is 0.270 e. The van der Waals surface area contributed by atoms with E-state index < -0.39 is 0 Å². The number of carbonyl (C=O) groups excluding carboxylic acids is 1. The predicted molar refractivity (Wildman–Crippen MR) is 104 cm³/mol. The molecule has 0 saturated carbocycles. The highest BCUT2D eigenvalue weighted by molar-refractivity contribution is 5.94. The molecule has 0 aliphatic carbocycles. The van der Waals surface area contributed by atoms with Gasteiger partial charge in [-0.05, 0) is 56.2 Å². The number of rotatable bonds is 6. The van der Waals surface area contributed by atoms with E-state index in [1.165, 1.54) is 0 Å². The third-order valence-corrected chi connectivity index (χ3v) is 4.61. The molecule has 0 saturated heterocycles. The second-order valence-electron chi connectivity index (χ2n) is 6.94. The first kappa shape index (κ1) is 18.8. The zero-order valence-electron chi connectivity index (χ0n) is 16.3. The highest BCUT2D eigenvalue weighted by Gasteiger charge is 2.21. The number of nitrogens with one attached hydrogen (secondary N) is 1. The Morgan fingerprint density at radius 3 is 2.41 bits per heavy atom. The Morgan fingerprint density at radius 1 is 1.15 bits per heavy atom. The molecule has 1 aromatic carbocycles. The summed E-state index contributed by atoms with van der Waals surface area (Å²) in [6.07, 6.45) is 0. The highest BCUT2D eigenvalue weighted by Crippen LogP contribution is 2.25. The molecule has 3 rings (SSSR count). The Kier molecular flexibility index (Phi) is 5.35. The molecule has 0 radical (unpaired) electrons. The standard InChI is InChI=1S/C21H25N3O3/c1-13(2)15(4)22-21(25)19-12-18(20-11-6-14(3)27-20)23-24(19)16-7-9-17(26-5)10-8-16/h6-13,15H,1-5H3,(H,22,25). The van der Waals surface area contributed by atoms with E-state index in [1.807, 2.05) is 50.2 Å². The van der Waals surface area contributed by atoms with Crippen LogP contribution in [0, 0.1) is 12.8 Å². The van der Waals surface area contributed by atoms with Gasteiger partial charge < -0.3 is 14.5 Å². The van der Waals surface area contributed by atoms with Gasteiger partial charge in [0, 0.05) is 12.1 Å². The Hall–Kier alpha value is -3.02. The number of amides is 1. The minimum absolute atomic E-state index is 0.0472. The van der Waals surface area contributed by atoms with E-state index in [9.17, 15) is 4.79 Å². The number of ether oxygens (including phenoxy) is 1. The van der Waals surface area contributed by atoms with Gasteiger partial charge in [0.2, 0.25) is 0 Å². The van der Waals surface area contributed by atoms with Gasteiger partial charge in [-0.15, -0.1) is 0 Å². The number of nitrogens with zero attached hydrogens (tertiary/aromatic N) is 2. The van der Waals surface area contributed by atoms with Crippen LogP contribution in [-0.4, -0.2) is 28.8 Å². The van der Waals surface area contributed by atoms with Crippen LogP contribution in [0.2, 0.25) is 0 Å². The molecule has 1 atom stereocenters. The molecule has 142 valence electrons. The van der Waals surface area contributed by atoms with Crippen LogP contribution in [0.5, 0.6) is 5.75 Å². The van der Waals surface area contributed by atoms with Crippen molar-refractivity contribution >= 4 is 5.91 Å². The van der Waals surface area contributed by atoms with Crippen molar-refractivity contribution in [1.29, 1.82) is 0 Å². The van der Waals surface area contributed by atoms with Crippen LogP contribution < -0.4 is 10.1 Å². The van der Waals surface area contributed by atoms with Gasteiger partial charge in [0.05, 0.1) is 12.8 Å². The van der Waals surface area contributed by atoms with Crippen molar-refractivity contribution in [3.63, 3.8) is 0 Å². The first-order chi connectivity index (χ1) is 12.9. The molecule has 2 aromatic heterocycles. The van der Waals surface area contributed by atoms with Crippen molar-refractivity contribution in [2.45, 2.75) is 33.7 Å². The summed E-state index contributed by atoms with van der Waals surface area (Å²) < 4.78 is 12.5. The highest BCUT2D eigenvalue weighted by atomic mass is 16.5. The molecule has 0 aliphatic rings. The third kappa shape index (κ3) is 4.05. The van der Waals surface area contributed by atoms with Crippen molar-refractivity contribution in [3.05, 3.63) is 53.9 Å². The maximum atomic E-state index is 12.9. The molecule has 0 fully saturated rings. The third-order valence-electron chi connectivity index (χ3n) is 4.61. The van der Waals surface area contributed by atoms with E-state index in [2.05, 4.69) is 24.3 Å². The van der Waals surface area contributed by atoms with Crippen LogP contribution in [0.1, 0.15) is 37.0 Å². The minimum Gasteiger partial charge on any atom is -0.497 e. The Morgan fingerprint density at radius 2 is 1.85 bits per heavy atom. The maximum Gasteiger partial charge on any atom is 0.270 e. The summed E-state index contributed by atoms with van der Waals surface area (Å²) in [5.41, 5.74) is 1.84. The number of benzene rings is 1. The van der Waals surface area contributed by atoms with Crippen LogP contribution in [0.25, 0.3) is 17.1 Å². The summed E-state index contributed by atoms with van der Waals surface area (Å²) in [6, 6.07) is 12.9. The molecule has 0 aliphatic heterocycles. The number of hydrogen-bond acceptors (Lipinski definition) is 4. The summed E-state index contributed by atoms with van der Waals surface area (Å²) in [5.74, 6) is 2.33. The number of carbonyl (C=O) groups is 1. The first-order valence-corrected chi connectivity index (χ1v) is 9.01. The summed E-state index contributed by atoms with van der Waals surface area (Å²) in [6.45, 7) is 8.01. The molecular weight excluding hydrogens is 342 g/mol. The van der Waals surface area contributed by atoms with Crippen molar-refractivity contribution in [2.24, 2.45) is 5.92 Å². The van der Waals surface area contributed by atoms with Gasteiger partial charge in [-0.1, -0.05) is 13.8 Å². The number of aromatic nitrogens is 2. The van der Waals surface area contributed by atoms with Crippen LogP contribution in [-0.2, 0) is 0 Å². The fourth-order valence-corrected chi connectivity index (χ4v) is 2.60. The monoisotopic (exact) mass is 367 g/mol. The Bertz CT molecular complexity index is 923. The van der Waals surface area contributed by atoms with Crippen LogP contribution in [0.15, 0.2) is 46.9 Å². The van der Waals surface area contributed by atoms with Crippen molar-refractivity contribution in [1.82, 2.24) is 15.1 Å². The summed E-state index contributed by atoms with van der Waals surface area (Å²) >= 11 is 0. The molecule has 0 spiro atoms. The lowest BCUT2D eigenvalue weighted by Crippen LogP contribution is -2.37. The normalized spacial score (nSPS) is 12.2. The number of hydrogen-bond donors (Lipinski definition) is 1. The molecule has 27 heavy (non-hydrogen) atoms. The maximum absolute atomic E-state index is 12.9. The number of aryl methyl sites for hydroxylation is 1. The van der Waals surface area contributed by atoms with Crippen molar-refractivity contribution in [3.8, 4) is 22.9 Å². The van der Waals surface area contributed by atoms with Crippen molar-refractivity contribution in [2.75, 3.05) is 7.11 Å². The zero-order chi connectivity index (χ0) is 19.6. The Labute approximate surface area is 159 Å².